The highest BCUT2D eigenvalue weighted by Crippen LogP contribution is 2.23. The number of aromatic nitrogens is 1. The molecule has 9 heteroatoms. The minimum atomic E-state index is -0.489. The summed E-state index contributed by atoms with van der Waals surface area (Å²) in [5, 5.41) is 11.0. The number of esters is 1. The van der Waals surface area contributed by atoms with E-state index >= 15 is 0 Å². The summed E-state index contributed by atoms with van der Waals surface area (Å²) in [6, 6.07) is 13.9. The monoisotopic (exact) mass is 413 g/mol. The predicted molar refractivity (Wildman–Crippen MR) is 108 cm³/mol. The van der Waals surface area contributed by atoms with Crippen LogP contribution >= 0.6 is 11.3 Å². The van der Waals surface area contributed by atoms with Crippen LogP contribution in [-0.2, 0) is 27.3 Å². The van der Waals surface area contributed by atoms with Crippen LogP contribution in [0.15, 0.2) is 53.5 Å². The van der Waals surface area contributed by atoms with Gasteiger partial charge in [-0.1, -0.05) is 41.7 Å². The maximum atomic E-state index is 12.4. The molecule has 2 aromatic carbocycles. The average Bonchev–Trinajstić information content (AvgIpc) is 3.03. The Morgan fingerprint density at radius 3 is 2.66 bits per heavy atom. The molecule has 0 aliphatic rings. The van der Waals surface area contributed by atoms with Crippen molar-refractivity contribution < 1.29 is 19.2 Å². The van der Waals surface area contributed by atoms with Crippen molar-refractivity contribution in [3.63, 3.8) is 0 Å². The summed E-state index contributed by atoms with van der Waals surface area (Å²) in [4.78, 5) is 39.4. The van der Waals surface area contributed by atoms with Gasteiger partial charge in [-0.25, -0.2) is 0 Å². The van der Waals surface area contributed by atoms with Gasteiger partial charge in [-0.15, -0.1) is 0 Å². The summed E-state index contributed by atoms with van der Waals surface area (Å²) in [6.45, 7) is 1.81. The fourth-order valence-electron chi connectivity index (χ4n) is 2.81. The summed E-state index contributed by atoms with van der Waals surface area (Å²) in [6.07, 6.45) is 0.773. The van der Waals surface area contributed by atoms with Gasteiger partial charge in [0.15, 0.2) is 4.80 Å². The zero-order chi connectivity index (χ0) is 20.8. The highest BCUT2D eigenvalue weighted by Gasteiger charge is 2.15. The Bertz CT molecular complexity index is 1120. The quantitative estimate of drug-likeness (QED) is 0.336. The van der Waals surface area contributed by atoms with Crippen LogP contribution in [0.5, 0.6) is 0 Å². The number of nitrogens with zero attached hydrogens (tertiary/aromatic N) is 3. The van der Waals surface area contributed by atoms with E-state index in [-0.39, 0.29) is 31.2 Å². The van der Waals surface area contributed by atoms with E-state index in [1.807, 2.05) is 30.3 Å². The molecule has 0 saturated heterocycles. The van der Waals surface area contributed by atoms with Crippen molar-refractivity contribution in [2.45, 2.75) is 26.3 Å². The molecule has 0 radical (unpaired) electrons. The van der Waals surface area contributed by atoms with Gasteiger partial charge in [0.25, 0.3) is 5.69 Å². The van der Waals surface area contributed by atoms with Crippen molar-refractivity contribution in [2.75, 3.05) is 6.61 Å². The number of amides is 1. The molecule has 0 N–H and O–H groups in total. The van der Waals surface area contributed by atoms with Crippen LogP contribution in [0.2, 0.25) is 0 Å². The Morgan fingerprint density at radius 1 is 1.21 bits per heavy atom. The summed E-state index contributed by atoms with van der Waals surface area (Å²) in [7, 11) is 0. The predicted octanol–water partition coefficient (Wildman–Crippen LogP) is 3.23. The highest BCUT2D eigenvalue weighted by atomic mass is 32.1. The first-order valence-electron chi connectivity index (χ1n) is 9.03. The van der Waals surface area contributed by atoms with E-state index < -0.39 is 10.9 Å². The Morgan fingerprint density at radius 2 is 1.97 bits per heavy atom. The van der Waals surface area contributed by atoms with Gasteiger partial charge in [-0.05, 0) is 25.0 Å². The largest absolute Gasteiger partial charge is 0.465 e. The molecule has 0 saturated carbocycles. The number of hydrogen-bond donors (Lipinski definition) is 0. The van der Waals surface area contributed by atoms with Crippen molar-refractivity contribution in [1.29, 1.82) is 0 Å². The lowest BCUT2D eigenvalue weighted by atomic mass is 10.1. The van der Waals surface area contributed by atoms with Crippen molar-refractivity contribution >= 4 is 39.1 Å². The smallest absolute Gasteiger partial charge is 0.326 e. The first-order valence-corrected chi connectivity index (χ1v) is 9.84. The second kappa shape index (κ2) is 9.24. The van der Waals surface area contributed by atoms with E-state index in [9.17, 15) is 19.7 Å². The Kier molecular flexibility index (Phi) is 6.50. The first-order chi connectivity index (χ1) is 14.0. The molecular formula is C20H19N3O5S. The number of aryl methyl sites for hydroxylation is 1. The van der Waals surface area contributed by atoms with Crippen LogP contribution in [0, 0.1) is 10.1 Å². The second-order valence-electron chi connectivity index (χ2n) is 6.18. The topological polar surface area (TPSA) is 104 Å². The third kappa shape index (κ3) is 5.14. The van der Waals surface area contributed by atoms with Gasteiger partial charge in [0.2, 0.25) is 5.91 Å². The normalized spacial score (nSPS) is 11.6. The van der Waals surface area contributed by atoms with Crippen molar-refractivity contribution in [3.8, 4) is 0 Å². The number of nitro benzene ring substituents is 1. The number of carbonyl (C=O) groups excluding carboxylic acids is 2. The molecule has 0 atom stereocenters. The van der Waals surface area contributed by atoms with E-state index in [1.165, 1.54) is 12.1 Å². The van der Waals surface area contributed by atoms with Crippen LogP contribution in [0.4, 0.5) is 5.69 Å². The van der Waals surface area contributed by atoms with Gasteiger partial charge >= 0.3 is 5.97 Å². The number of fused-ring (bicyclic) bond motifs is 1. The fourth-order valence-corrected chi connectivity index (χ4v) is 3.89. The van der Waals surface area contributed by atoms with Gasteiger partial charge in [0.05, 0.1) is 21.7 Å². The minimum absolute atomic E-state index is 0.0658. The maximum Gasteiger partial charge on any atom is 0.326 e. The molecule has 1 amide bonds. The molecule has 0 aliphatic carbocycles. The zero-order valence-electron chi connectivity index (χ0n) is 15.7. The summed E-state index contributed by atoms with van der Waals surface area (Å²) < 4.78 is 7.13. The first kappa shape index (κ1) is 20.4. The number of nitro groups is 1. The van der Waals surface area contributed by atoms with Gasteiger partial charge < -0.3 is 9.30 Å². The third-order valence-corrected chi connectivity index (χ3v) is 5.20. The van der Waals surface area contributed by atoms with Gasteiger partial charge in [-0.2, -0.15) is 4.99 Å². The van der Waals surface area contributed by atoms with Crippen LogP contribution < -0.4 is 4.80 Å². The van der Waals surface area contributed by atoms with Crippen molar-refractivity contribution in [2.24, 2.45) is 4.99 Å². The van der Waals surface area contributed by atoms with Gasteiger partial charge in [0, 0.05) is 18.6 Å². The van der Waals surface area contributed by atoms with Crippen LogP contribution in [0.1, 0.15) is 18.9 Å². The molecule has 150 valence electrons. The van der Waals surface area contributed by atoms with E-state index in [2.05, 4.69) is 4.99 Å². The number of hydrogen-bond acceptors (Lipinski definition) is 6. The Labute approximate surface area is 170 Å². The lowest BCUT2D eigenvalue weighted by Gasteiger charge is -2.05. The number of rotatable bonds is 7. The van der Waals surface area contributed by atoms with E-state index in [0.717, 1.165) is 16.9 Å². The van der Waals surface area contributed by atoms with Gasteiger partial charge in [0.1, 0.15) is 6.54 Å². The Hall–Kier alpha value is -3.33. The summed E-state index contributed by atoms with van der Waals surface area (Å²) in [5.74, 6) is -0.795. The number of ether oxygens (including phenoxy) is 1. The number of non-ortho nitro benzene ring substituents is 1. The molecule has 0 unspecified atom stereocenters. The minimum Gasteiger partial charge on any atom is -0.465 e. The lowest BCUT2D eigenvalue weighted by molar-refractivity contribution is -0.384. The summed E-state index contributed by atoms with van der Waals surface area (Å²) in [5.41, 5.74) is 1.55. The molecule has 0 aliphatic heterocycles. The van der Waals surface area contributed by atoms with Gasteiger partial charge in [-0.3, -0.25) is 19.7 Å². The lowest BCUT2D eigenvalue weighted by Crippen LogP contribution is -2.23. The van der Waals surface area contributed by atoms with E-state index in [0.29, 0.717) is 21.4 Å². The number of benzene rings is 2. The number of thiazole rings is 1. The molecule has 0 bridgehead atoms. The molecule has 1 aromatic heterocycles. The number of carbonyl (C=O) groups is 2. The fraction of sp³-hybridized carbons (Fsp3) is 0.250. The zero-order valence-corrected chi connectivity index (χ0v) is 16.6. The average molecular weight is 413 g/mol. The van der Waals surface area contributed by atoms with Crippen molar-refractivity contribution in [1.82, 2.24) is 4.57 Å². The van der Waals surface area contributed by atoms with E-state index in [4.69, 9.17) is 4.74 Å². The summed E-state index contributed by atoms with van der Waals surface area (Å²) >= 11 is 1.13. The molecule has 8 nitrogen and oxygen atoms in total. The van der Waals surface area contributed by atoms with E-state index in [1.54, 1.807) is 17.6 Å². The SMILES string of the molecule is CCOC(=O)Cn1c(=NC(=O)CCc2ccccc2)sc2cc([N+](=O)[O-])ccc21. The second-order valence-corrected chi connectivity index (χ2v) is 7.19. The molecule has 0 fully saturated rings. The molecule has 29 heavy (non-hydrogen) atoms. The molecular weight excluding hydrogens is 394 g/mol. The molecule has 3 rings (SSSR count). The maximum absolute atomic E-state index is 12.4. The molecule has 0 spiro atoms. The Balaban J connectivity index is 1.94. The standard InChI is InChI=1S/C20H19N3O5S/c1-2-28-19(25)13-22-16-10-9-15(23(26)27)12-17(16)29-20(22)21-18(24)11-8-14-6-4-3-5-7-14/h3-7,9-10,12H,2,8,11,13H2,1H3. The van der Waals surface area contributed by atoms with Crippen LogP contribution in [-0.4, -0.2) is 28.0 Å². The highest BCUT2D eigenvalue weighted by molar-refractivity contribution is 7.16. The van der Waals surface area contributed by atoms with Crippen molar-refractivity contribution in [3.05, 3.63) is 69.0 Å². The third-order valence-electron chi connectivity index (χ3n) is 4.16. The van der Waals surface area contributed by atoms with Crippen LogP contribution in [0.25, 0.3) is 10.2 Å². The molecule has 3 aromatic rings. The van der Waals surface area contributed by atoms with Crippen LogP contribution in [0.3, 0.4) is 0 Å². The molecule has 1 heterocycles.